The van der Waals surface area contributed by atoms with E-state index in [1.165, 1.54) is 12.8 Å². The van der Waals surface area contributed by atoms with Crippen molar-refractivity contribution in [2.45, 2.75) is 45.6 Å². The summed E-state index contributed by atoms with van der Waals surface area (Å²) in [5.41, 5.74) is 0.937. The number of rotatable bonds is 4. The van der Waals surface area contributed by atoms with E-state index in [1.807, 2.05) is 17.0 Å². The van der Waals surface area contributed by atoms with Crippen LogP contribution in [0.1, 0.15) is 44.6 Å². The number of hydrogen-bond donors (Lipinski definition) is 0. The van der Waals surface area contributed by atoms with Gasteiger partial charge in [-0.05, 0) is 24.8 Å². The van der Waals surface area contributed by atoms with Crippen molar-refractivity contribution >= 4 is 17.5 Å². The van der Waals surface area contributed by atoms with Gasteiger partial charge >= 0.3 is 0 Å². The minimum atomic E-state index is 0.249. The van der Waals surface area contributed by atoms with E-state index in [4.69, 9.17) is 11.6 Å². The Morgan fingerprint density at radius 2 is 2.32 bits per heavy atom. The zero-order valence-corrected chi connectivity index (χ0v) is 12.2. The molecule has 1 amide bonds. The third-order valence-corrected chi connectivity index (χ3v) is 4.16. The molecular formula is C15H21ClN2O. The molecule has 1 atom stereocenters. The zero-order valence-electron chi connectivity index (χ0n) is 11.4. The maximum Gasteiger partial charge on any atom is 0.222 e. The summed E-state index contributed by atoms with van der Waals surface area (Å²) in [4.78, 5) is 18.1. The molecular weight excluding hydrogens is 260 g/mol. The van der Waals surface area contributed by atoms with E-state index >= 15 is 0 Å². The molecule has 19 heavy (non-hydrogen) atoms. The largest absolute Gasteiger partial charge is 0.338 e. The fourth-order valence-corrected chi connectivity index (χ4v) is 2.88. The van der Waals surface area contributed by atoms with Crippen LogP contribution in [0.15, 0.2) is 18.3 Å². The van der Waals surface area contributed by atoms with Crippen LogP contribution in [0.3, 0.4) is 0 Å². The first-order chi connectivity index (χ1) is 9.20. The van der Waals surface area contributed by atoms with E-state index in [0.29, 0.717) is 24.0 Å². The van der Waals surface area contributed by atoms with Gasteiger partial charge in [0.15, 0.2) is 0 Å². The first-order valence-electron chi connectivity index (χ1n) is 7.08. The molecule has 1 aliphatic heterocycles. The van der Waals surface area contributed by atoms with Crippen molar-refractivity contribution in [2.24, 2.45) is 5.92 Å². The summed E-state index contributed by atoms with van der Waals surface area (Å²) in [6.45, 7) is 3.64. The number of carbonyl (C=O) groups excluding carboxylic acids is 1. The minimum Gasteiger partial charge on any atom is -0.338 e. The molecule has 1 unspecified atom stereocenters. The van der Waals surface area contributed by atoms with Crippen molar-refractivity contribution in [3.05, 3.63) is 29.0 Å². The summed E-state index contributed by atoms with van der Waals surface area (Å²) in [5.74, 6) is 0.946. The molecule has 1 aromatic rings. The van der Waals surface area contributed by atoms with Gasteiger partial charge in [-0.15, -0.1) is 0 Å². The molecule has 0 N–H and O–H groups in total. The quantitative estimate of drug-likeness (QED) is 0.789. The molecule has 1 aliphatic rings. The molecule has 104 valence electrons. The predicted molar refractivity (Wildman–Crippen MR) is 76.9 cm³/mol. The first-order valence-corrected chi connectivity index (χ1v) is 7.45. The summed E-state index contributed by atoms with van der Waals surface area (Å²) in [7, 11) is 0. The van der Waals surface area contributed by atoms with Crippen molar-refractivity contribution in [2.75, 3.05) is 6.54 Å². The summed E-state index contributed by atoms with van der Waals surface area (Å²) in [6.07, 6.45) is 6.92. The van der Waals surface area contributed by atoms with E-state index in [2.05, 4.69) is 11.9 Å². The molecule has 2 rings (SSSR count). The summed E-state index contributed by atoms with van der Waals surface area (Å²) >= 11 is 6.06. The molecule has 1 saturated heterocycles. The van der Waals surface area contributed by atoms with Crippen molar-refractivity contribution in [1.29, 1.82) is 0 Å². The molecule has 0 bridgehead atoms. The van der Waals surface area contributed by atoms with Crippen LogP contribution in [0.5, 0.6) is 0 Å². The standard InChI is InChI=1S/C15H21ClN2O/c1-2-4-12-6-7-14(19)18(10-8-12)11-13-5-3-9-17-15(13)16/h3,5,9,12H,2,4,6-8,10-11H2,1H3. The fourth-order valence-electron chi connectivity index (χ4n) is 2.70. The summed E-state index contributed by atoms with van der Waals surface area (Å²) in [6, 6.07) is 3.81. The van der Waals surface area contributed by atoms with Crippen LogP contribution in [0.4, 0.5) is 0 Å². The monoisotopic (exact) mass is 280 g/mol. The van der Waals surface area contributed by atoms with E-state index in [1.54, 1.807) is 6.20 Å². The SMILES string of the molecule is CCCC1CCC(=O)N(Cc2cccnc2Cl)CC1. The third-order valence-electron chi connectivity index (χ3n) is 3.82. The lowest BCUT2D eigenvalue weighted by Crippen LogP contribution is -2.30. The van der Waals surface area contributed by atoms with Gasteiger partial charge in [0.1, 0.15) is 5.15 Å². The number of aromatic nitrogens is 1. The minimum absolute atomic E-state index is 0.249. The lowest BCUT2D eigenvalue weighted by atomic mass is 9.96. The molecule has 3 nitrogen and oxygen atoms in total. The van der Waals surface area contributed by atoms with Gasteiger partial charge in [-0.25, -0.2) is 4.98 Å². The fraction of sp³-hybridized carbons (Fsp3) is 0.600. The molecule has 0 aromatic carbocycles. The van der Waals surface area contributed by atoms with Gasteiger partial charge in [-0.3, -0.25) is 4.79 Å². The smallest absolute Gasteiger partial charge is 0.222 e. The molecule has 0 spiro atoms. The van der Waals surface area contributed by atoms with Gasteiger partial charge in [0.25, 0.3) is 0 Å². The highest BCUT2D eigenvalue weighted by atomic mass is 35.5. The predicted octanol–water partition coefficient (Wildman–Crippen LogP) is 3.66. The number of hydrogen-bond acceptors (Lipinski definition) is 2. The van der Waals surface area contributed by atoms with Gasteiger partial charge < -0.3 is 4.90 Å². The summed E-state index contributed by atoms with van der Waals surface area (Å²) < 4.78 is 0. The average molecular weight is 281 g/mol. The Balaban J connectivity index is 2.00. The molecule has 0 aliphatic carbocycles. The van der Waals surface area contributed by atoms with Crippen molar-refractivity contribution in [3.63, 3.8) is 0 Å². The van der Waals surface area contributed by atoms with E-state index in [0.717, 1.165) is 24.9 Å². The highest BCUT2D eigenvalue weighted by Gasteiger charge is 2.22. The van der Waals surface area contributed by atoms with Gasteiger partial charge in [0.2, 0.25) is 5.91 Å². The van der Waals surface area contributed by atoms with E-state index in [-0.39, 0.29) is 5.91 Å². The first kappa shape index (κ1) is 14.3. The second-order valence-corrected chi connectivity index (χ2v) is 5.61. The molecule has 1 fully saturated rings. The zero-order chi connectivity index (χ0) is 13.7. The second-order valence-electron chi connectivity index (χ2n) is 5.25. The molecule has 2 heterocycles. The Morgan fingerprint density at radius 3 is 3.05 bits per heavy atom. The maximum atomic E-state index is 12.1. The van der Waals surface area contributed by atoms with E-state index < -0.39 is 0 Å². The van der Waals surface area contributed by atoms with Gasteiger partial charge in [-0.1, -0.05) is 37.4 Å². The average Bonchev–Trinajstić information content (AvgIpc) is 2.57. The van der Waals surface area contributed by atoms with Crippen LogP contribution in [-0.2, 0) is 11.3 Å². The molecule has 0 saturated carbocycles. The van der Waals surface area contributed by atoms with Gasteiger partial charge in [0.05, 0.1) is 0 Å². The number of pyridine rings is 1. The number of carbonyl (C=O) groups is 1. The number of halogens is 1. The van der Waals surface area contributed by atoms with Gasteiger partial charge in [0, 0.05) is 31.3 Å². The Labute approximate surface area is 120 Å². The van der Waals surface area contributed by atoms with Crippen LogP contribution in [0.25, 0.3) is 0 Å². The lowest BCUT2D eigenvalue weighted by Gasteiger charge is -2.21. The van der Waals surface area contributed by atoms with Gasteiger partial charge in [-0.2, -0.15) is 0 Å². The van der Waals surface area contributed by atoms with Crippen LogP contribution < -0.4 is 0 Å². The highest BCUT2D eigenvalue weighted by Crippen LogP contribution is 2.24. The van der Waals surface area contributed by atoms with E-state index in [9.17, 15) is 4.79 Å². The van der Waals surface area contributed by atoms with Crippen LogP contribution in [0, 0.1) is 5.92 Å². The number of likely N-dealkylation sites (tertiary alicyclic amines) is 1. The van der Waals surface area contributed by atoms with Crippen molar-refractivity contribution < 1.29 is 4.79 Å². The Bertz CT molecular complexity index is 436. The Kier molecular flexibility index (Phi) is 5.20. The molecule has 0 radical (unpaired) electrons. The van der Waals surface area contributed by atoms with Crippen LogP contribution >= 0.6 is 11.6 Å². The normalized spacial score (nSPS) is 20.4. The number of amides is 1. The Hall–Kier alpha value is -1.09. The highest BCUT2D eigenvalue weighted by molar-refractivity contribution is 6.30. The number of nitrogens with zero attached hydrogens (tertiary/aromatic N) is 2. The topological polar surface area (TPSA) is 33.2 Å². The van der Waals surface area contributed by atoms with Crippen molar-refractivity contribution in [3.8, 4) is 0 Å². The van der Waals surface area contributed by atoms with Crippen LogP contribution in [0.2, 0.25) is 5.15 Å². The van der Waals surface area contributed by atoms with Crippen molar-refractivity contribution in [1.82, 2.24) is 9.88 Å². The third kappa shape index (κ3) is 3.93. The summed E-state index contributed by atoms with van der Waals surface area (Å²) in [5, 5.41) is 0.504. The second kappa shape index (κ2) is 6.90. The molecule has 1 aromatic heterocycles. The Morgan fingerprint density at radius 1 is 1.47 bits per heavy atom. The lowest BCUT2D eigenvalue weighted by molar-refractivity contribution is -0.131. The molecule has 4 heteroatoms. The maximum absolute atomic E-state index is 12.1. The van der Waals surface area contributed by atoms with Crippen LogP contribution in [-0.4, -0.2) is 22.3 Å².